The zero-order valence-corrected chi connectivity index (χ0v) is 7.87. The Morgan fingerprint density at radius 1 is 1.57 bits per heavy atom. The predicted molar refractivity (Wildman–Crippen MR) is 53.9 cm³/mol. The van der Waals surface area contributed by atoms with Gasteiger partial charge in [-0.2, -0.15) is 0 Å². The molecule has 5 heteroatoms. The molecule has 0 unspecified atom stereocenters. The molecule has 1 aromatic carbocycles. The summed E-state index contributed by atoms with van der Waals surface area (Å²) in [5.41, 5.74) is 5.45. The van der Waals surface area contributed by atoms with Crippen LogP contribution in [0.2, 0.25) is 5.02 Å². The Labute approximate surface area is 85.3 Å². The van der Waals surface area contributed by atoms with Crippen LogP contribution in [-0.4, -0.2) is 11.0 Å². The Hall–Kier alpha value is -1.55. The molecule has 0 aliphatic rings. The maximum absolute atomic E-state index is 13.2. The van der Waals surface area contributed by atoms with Gasteiger partial charge in [0.05, 0.1) is 5.02 Å². The van der Waals surface area contributed by atoms with Crippen molar-refractivity contribution < 1.29 is 9.60 Å². The first-order chi connectivity index (χ1) is 6.65. The van der Waals surface area contributed by atoms with Gasteiger partial charge >= 0.3 is 0 Å². The smallest absolute Gasteiger partial charge is 0.162 e. The Balaban J connectivity index is 2.98. The third-order valence-electron chi connectivity index (χ3n) is 1.53. The highest BCUT2D eigenvalue weighted by atomic mass is 35.5. The van der Waals surface area contributed by atoms with Gasteiger partial charge in [0, 0.05) is 5.56 Å². The van der Waals surface area contributed by atoms with Crippen LogP contribution in [0.1, 0.15) is 5.56 Å². The minimum atomic E-state index is -0.531. The van der Waals surface area contributed by atoms with Gasteiger partial charge in [0.15, 0.2) is 5.84 Å². The molecule has 0 bridgehead atoms. The van der Waals surface area contributed by atoms with Crippen LogP contribution >= 0.6 is 11.6 Å². The molecular formula is C9H8ClFN2O. The second-order valence-electron chi connectivity index (χ2n) is 2.50. The summed E-state index contributed by atoms with van der Waals surface area (Å²) in [7, 11) is 0. The summed E-state index contributed by atoms with van der Waals surface area (Å²) >= 11 is 5.54. The fourth-order valence-electron chi connectivity index (χ4n) is 0.858. The van der Waals surface area contributed by atoms with Crippen LogP contribution in [-0.2, 0) is 0 Å². The number of hydrogen-bond donors (Lipinski definition) is 2. The van der Waals surface area contributed by atoms with Crippen molar-refractivity contribution in [1.82, 2.24) is 0 Å². The Morgan fingerprint density at radius 2 is 2.29 bits per heavy atom. The second kappa shape index (κ2) is 4.62. The van der Waals surface area contributed by atoms with Crippen molar-refractivity contribution in [3.8, 4) is 0 Å². The molecule has 3 nitrogen and oxygen atoms in total. The lowest BCUT2D eigenvalue weighted by Crippen LogP contribution is -2.06. The molecular weight excluding hydrogens is 207 g/mol. The van der Waals surface area contributed by atoms with Gasteiger partial charge in [-0.3, -0.25) is 0 Å². The minimum absolute atomic E-state index is 0.0339. The Kier molecular flexibility index (Phi) is 3.48. The molecule has 1 aromatic rings. The largest absolute Gasteiger partial charge is 0.409 e. The van der Waals surface area contributed by atoms with Crippen LogP contribution < -0.4 is 5.73 Å². The van der Waals surface area contributed by atoms with Crippen molar-refractivity contribution >= 4 is 23.5 Å². The fraction of sp³-hybridized carbons (Fsp3) is 0. The highest BCUT2D eigenvalue weighted by Gasteiger charge is 2.02. The summed E-state index contributed by atoms with van der Waals surface area (Å²) in [6.45, 7) is 0. The van der Waals surface area contributed by atoms with E-state index in [0.29, 0.717) is 0 Å². The molecule has 0 aromatic heterocycles. The minimum Gasteiger partial charge on any atom is -0.409 e. The molecule has 1 rings (SSSR count). The molecule has 0 spiro atoms. The third kappa shape index (κ3) is 2.47. The number of rotatable bonds is 2. The molecule has 0 aliphatic heterocycles. The van der Waals surface area contributed by atoms with Gasteiger partial charge in [0.2, 0.25) is 0 Å². The SMILES string of the molecule is NC(/C=C/c1cccc(Cl)c1F)=NO. The summed E-state index contributed by atoms with van der Waals surface area (Å²) < 4.78 is 13.2. The second-order valence-corrected chi connectivity index (χ2v) is 2.91. The summed E-state index contributed by atoms with van der Waals surface area (Å²) in [6, 6.07) is 4.58. The lowest BCUT2D eigenvalue weighted by molar-refractivity contribution is 0.319. The fourth-order valence-corrected chi connectivity index (χ4v) is 1.04. The summed E-state index contributed by atoms with van der Waals surface area (Å²) in [6.07, 6.45) is 2.64. The van der Waals surface area contributed by atoms with Gasteiger partial charge in [-0.25, -0.2) is 4.39 Å². The number of halogens is 2. The molecule has 14 heavy (non-hydrogen) atoms. The molecule has 0 radical (unpaired) electrons. The van der Waals surface area contributed by atoms with E-state index in [1.807, 2.05) is 0 Å². The van der Waals surface area contributed by atoms with Crippen molar-refractivity contribution in [2.75, 3.05) is 0 Å². The molecule has 3 N–H and O–H groups in total. The van der Waals surface area contributed by atoms with Gasteiger partial charge in [0.25, 0.3) is 0 Å². The highest BCUT2D eigenvalue weighted by molar-refractivity contribution is 6.30. The first-order valence-corrected chi connectivity index (χ1v) is 4.12. The molecule has 0 atom stereocenters. The highest BCUT2D eigenvalue weighted by Crippen LogP contribution is 2.18. The van der Waals surface area contributed by atoms with Crippen LogP contribution in [0.3, 0.4) is 0 Å². The zero-order chi connectivity index (χ0) is 10.6. The van der Waals surface area contributed by atoms with E-state index >= 15 is 0 Å². The van der Waals surface area contributed by atoms with Gasteiger partial charge in [-0.05, 0) is 18.2 Å². The summed E-state index contributed by atoms with van der Waals surface area (Å²) in [5.74, 6) is -0.638. The van der Waals surface area contributed by atoms with Gasteiger partial charge in [0.1, 0.15) is 5.82 Å². The van der Waals surface area contributed by atoms with E-state index in [2.05, 4.69) is 5.16 Å². The van der Waals surface area contributed by atoms with Crippen LogP contribution in [0, 0.1) is 5.82 Å². The van der Waals surface area contributed by atoms with Crippen molar-refractivity contribution in [3.05, 3.63) is 40.7 Å². The number of amidine groups is 1. The first kappa shape index (κ1) is 10.5. The van der Waals surface area contributed by atoms with E-state index in [4.69, 9.17) is 22.5 Å². The molecule has 0 saturated carbocycles. The average molecular weight is 215 g/mol. The first-order valence-electron chi connectivity index (χ1n) is 3.74. The van der Waals surface area contributed by atoms with Crippen molar-refractivity contribution in [2.45, 2.75) is 0 Å². The van der Waals surface area contributed by atoms with Crippen molar-refractivity contribution in [1.29, 1.82) is 0 Å². The van der Waals surface area contributed by atoms with Crippen LogP contribution in [0.25, 0.3) is 6.08 Å². The number of nitrogens with two attached hydrogens (primary N) is 1. The number of nitrogens with zero attached hydrogens (tertiary/aromatic N) is 1. The molecule has 74 valence electrons. The maximum Gasteiger partial charge on any atom is 0.162 e. The quantitative estimate of drug-likeness (QED) is 0.343. The lowest BCUT2D eigenvalue weighted by atomic mass is 10.2. The molecule has 0 aliphatic carbocycles. The molecule has 0 heterocycles. The van der Waals surface area contributed by atoms with E-state index in [-0.39, 0.29) is 16.4 Å². The Morgan fingerprint density at radius 3 is 2.93 bits per heavy atom. The zero-order valence-electron chi connectivity index (χ0n) is 7.11. The summed E-state index contributed by atoms with van der Waals surface area (Å²) in [5, 5.41) is 11.0. The standard InChI is InChI=1S/C9H8ClFN2O/c10-7-3-1-2-6(9(7)11)4-5-8(12)13-14/h1-5,14H,(H2,12,13)/b5-4+. The normalized spacial score (nSPS) is 12.3. The lowest BCUT2D eigenvalue weighted by Gasteiger charge is -1.97. The number of benzene rings is 1. The van der Waals surface area contributed by atoms with Crippen LogP contribution in [0.15, 0.2) is 29.4 Å². The Bertz CT molecular complexity index is 390. The number of oxime groups is 1. The predicted octanol–water partition coefficient (Wildman–Crippen LogP) is 2.24. The third-order valence-corrected chi connectivity index (χ3v) is 1.82. The monoisotopic (exact) mass is 214 g/mol. The molecule has 0 amide bonds. The van der Waals surface area contributed by atoms with E-state index < -0.39 is 5.82 Å². The topological polar surface area (TPSA) is 58.6 Å². The van der Waals surface area contributed by atoms with Crippen molar-refractivity contribution in [2.24, 2.45) is 10.9 Å². The summed E-state index contributed by atoms with van der Waals surface area (Å²) in [4.78, 5) is 0. The van der Waals surface area contributed by atoms with E-state index in [1.165, 1.54) is 24.3 Å². The molecule has 0 fully saturated rings. The van der Waals surface area contributed by atoms with Crippen LogP contribution in [0.4, 0.5) is 4.39 Å². The molecule has 0 saturated heterocycles. The van der Waals surface area contributed by atoms with Gasteiger partial charge in [-0.1, -0.05) is 28.9 Å². The van der Waals surface area contributed by atoms with E-state index in [0.717, 1.165) is 0 Å². The van der Waals surface area contributed by atoms with Gasteiger partial charge in [-0.15, -0.1) is 0 Å². The number of hydrogen-bond acceptors (Lipinski definition) is 2. The van der Waals surface area contributed by atoms with Gasteiger partial charge < -0.3 is 10.9 Å². The van der Waals surface area contributed by atoms with Crippen molar-refractivity contribution in [3.63, 3.8) is 0 Å². The maximum atomic E-state index is 13.2. The van der Waals surface area contributed by atoms with E-state index in [9.17, 15) is 4.39 Å². The van der Waals surface area contributed by atoms with E-state index in [1.54, 1.807) is 6.07 Å². The average Bonchev–Trinajstić information content (AvgIpc) is 2.20. The van der Waals surface area contributed by atoms with Crippen LogP contribution in [0.5, 0.6) is 0 Å².